The Kier molecular flexibility index (Phi) is 5.12. The molecular weight excluding hydrogens is 333 g/mol. The molecule has 0 bridgehead atoms. The standard InChI is InChI=1S/C21H24FNO3/c1-4-13-5-10-18-16(11-13)19(20(25)21(2,3)26-18)23-12-17(24)14-6-8-15(22)9-7-14/h5-11,19-20,23,25H,4,12H2,1-3H3/t19-,20+/m0/s1. The molecule has 1 aliphatic heterocycles. The molecule has 0 radical (unpaired) electrons. The lowest BCUT2D eigenvalue weighted by Gasteiger charge is -2.42. The number of carbonyl (C=O) groups excluding carboxylic acids is 1. The van der Waals surface area contributed by atoms with Crippen LogP contribution in [0.1, 0.15) is 48.3 Å². The molecule has 2 aromatic rings. The van der Waals surface area contributed by atoms with Crippen LogP contribution in [0.15, 0.2) is 42.5 Å². The summed E-state index contributed by atoms with van der Waals surface area (Å²) in [7, 11) is 0. The van der Waals surface area contributed by atoms with Crippen LogP contribution in [0.2, 0.25) is 0 Å². The molecule has 4 nitrogen and oxygen atoms in total. The zero-order chi connectivity index (χ0) is 18.9. The minimum absolute atomic E-state index is 0.0409. The monoisotopic (exact) mass is 357 g/mol. The van der Waals surface area contributed by atoms with Gasteiger partial charge in [0.1, 0.15) is 23.3 Å². The minimum atomic E-state index is -0.817. The Morgan fingerprint density at radius 3 is 2.58 bits per heavy atom. The number of ketones is 1. The van der Waals surface area contributed by atoms with E-state index in [9.17, 15) is 14.3 Å². The van der Waals surface area contributed by atoms with Gasteiger partial charge in [-0.2, -0.15) is 0 Å². The molecule has 2 N–H and O–H groups in total. The fourth-order valence-electron chi connectivity index (χ4n) is 3.23. The van der Waals surface area contributed by atoms with Gasteiger partial charge in [0.05, 0.1) is 12.6 Å². The molecule has 0 aromatic heterocycles. The van der Waals surface area contributed by atoms with E-state index in [1.165, 1.54) is 24.3 Å². The Morgan fingerprint density at radius 1 is 1.23 bits per heavy atom. The van der Waals surface area contributed by atoms with Crippen molar-refractivity contribution in [2.45, 2.75) is 44.9 Å². The van der Waals surface area contributed by atoms with E-state index in [1.54, 1.807) is 0 Å². The third-order valence-electron chi connectivity index (χ3n) is 4.87. The molecule has 1 heterocycles. The van der Waals surface area contributed by atoms with Crippen LogP contribution >= 0.6 is 0 Å². The third kappa shape index (κ3) is 3.64. The topological polar surface area (TPSA) is 58.6 Å². The van der Waals surface area contributed by atoms with Crippen LogP contribution in [-0.2, 0) is 6.42 Å². The Labute approximate surface area is 153 Å². The molecule has 0 spiro atoms. The number of ether oxygens (including phenoxy) is 1. The number of Topliss-reactive ketones (excluding diaryl/α,β-unsaturated/α-hetero) is 1. The summed E-state index contributed by atoms with van der Waals surface area (Å²) in [6, 6.07) is 11.0. The minimum Gasteiger partial charge on any atom is -0.485 e. The van der Waals surface area contributed by atoms with Crippen molar-refractivity contribution in [1.29, 1.82) is 0 Å². The molecule has 2 atom stereocenters. The van der Waals surface area contributed by atoms with Gasteiger partial charge in [-0.3, -0.25) is 4.79 Å². The van der Waals surface area contributed by atoms with Crippen molar-refractivity contribution in [1.82, 2.24) is 5.32 Å². The molecule has 3 rings (SSSR count). The highest BCUT2D eigenvalue weighted by Gasteiger charge is 2.42. The summed E-state index contributed by atoms with van der Waals surface area (Å²) in [5.41, 5.74) is 1.64. The van der Waals surface area contributed by atoms with Gasteiger partial charge >= 0.3 is 0 Å². The number of aryl methyl sites for hydroxylation is 1. The Hall–Kier alpha value is -2.24. The van der Waals surface area contributed by atoms with Crippen LogP contribution in [0.25, 0.3) is 0 Å². The first kappa shape index (κ1) is 18.5. The second kappa shape index (κ2) is 7.17. The molecule has 5 heteroatoms. The number of aliphatic hydroxyl groups is 1. The fraction of sp³-hybridized carbons (Fsp3) is 0.381. The highest BCUT2D eigenvalue weighted by molar-refractivity contribution is 5.97. The number of carbonyl (C=O) groups is 1. The molecule has 0 saturated carbocycles. The first-order chi connectivity index (χ1) is 12.3. The molecule has 0 fully saturated rings. The summed E-state index contributed by atoms with van der Waals surface area (Å²) in [6.45, 7) is 5.75. The number of nitrogens with one attached hydrogen (secondary N) is 1. The molecule has 26 heavy (non-hydrogen) atoms. The van der Waals surface area contributed by atoms with E-state index in [1.807, 2.05) is 32.0 Å². The van der Waals surface area contributed by atoms with Gasteiger partial charge in [0.15, 0.2) is 5.78 Å². The largest absolute Gasteiger partial charge is 0.485 e. The Bertz CT molecular complexity index is 801. The van der Waals surface area contributed by atoms with Gasteiger partial charge in [-0.25, -0.2) is 4.39 Å². The number of halogens is 1. The SMILES string of the molecule is CCc1ccc2c(c1)[C@H](NCC(=O)c1ccc(F)cc1)[C@@H](O)C(C)(C)O2. The van der Waals surface area contributed by atoms with Crippen LogP contribution in [0, 0.1) is 5.82 Å². The predicted octanol–water partition coefficient (Wildman–Crippen LogP) is 3.43. The van der Waals surface area contributed by atoms with Gasteiger partial charge in [-0.1, -0.05) is 19.1 Å². The normalized spacial score (nSPS) is 21.0. The number of rotatable bonds is 5. The molecular formula is C21H24FNO3. The van der Waals surface area contributed by atoms with Crippen molar-refractivity contribution in [2.24, 2.45) is 0 Å². The quantitative estimate of drug-likeness (QED) is 0.805. The van der Waals surface area contributed by atoms with E-state index >= 15 is 0 Å². The van der Waals surface area contributed by atoms with Crippen molar-refractivity contribution >= 4 is 5.78 Å². The van der Waals surface area contributed by atoms with E-state index in [0.29, 0.717) is 11.3 Å². The van der Waals surface area contributed by atoms with Crippen molar-refractivity contribution in [3.8, 4) is 5.75 Å². The molecule has 1 aliphatic rings. The molecule has 0 amide bonds. The summed E-state index contributed by atoms with van der Waals surface area (Å²) in [5, 5.41) is 14.0. The van der Waals surface area contributed by atoms with Crippen LogP contribution < -0.4 is 10.1 Å². The van der Waals surface area contributed by atoms with Crippen molar-refractivity contribution in [3.63, 3.8) is 0 Å². The van der Waals surface area contributed by atoms with Crippen LogP contribution in [0.4, 0.5) is 4.39 Å². The van der Waals surface area contributed by atoms with Crippen molar-refractivity contribution in [2.75, 3.05) is 6.54 Å². The highest BCUT2D eigenvalue weighted by atomic mass is 19.1. The first-order valence-electron chi connectivity index (χ1n) is 8.84. The van der Waals surface area contributed by atoms with Gasteiger partial charge < -0.3 is 15.2 Å². The van der Waals surface area contributed by atoms with E-state index in [4.69, 9.17) is 4.74 Å². The highest BCUT2D eigenvalue weighted by Crippen LogP contribution is 2.40. The van der Waals surface area contributed by atoms with E-state index < -0.39 is 17.7 Å². The van der Waals surface area contributed by atoms with E-state index in [0.717, 1.165) is 17.5 Å². The second-order valence-electron chi connectivity index (χ2n) is 7.16. The second-order valence-corrected chi connectivity index (χ2v) is 7.16. The Morgan fingerprint density at radius 2 is 1.92 bits per heavy atom. The lowest BCUT2D eigenvalue weighted by atomic mass is 9.85. The van der Waals surface area contributed by atoms with Crippen molar-refractivity contribution in [3.05, 3.63) is 65.0 Å². The van der Waals surface area contributed by atoms with Gasteiger partial charge in [0.2, 0.25) is 0 Å². The molecule has 138 valence electrons. The molecule has 0 unspecified atom stereocenters. The lowest BCUT2D eigenvalue weighted by Crippen LogP contribution is -2.53. The fourth-order valence-corrected chi connectivity index (χ4v) is 3.23. The number of hydrogen-bond acceptors (Lipinski definition) is 4. The summed E-state index contributed by atoms with van der Waals surface area (Å²) >= 11 is 0. The number of hydrogen-bond donors (Lipinski definition) is 2. The zero-order valence-corrected chi connectivity index (χ0v) is 15.3. The number of aliphatic hydroxyl groups excluding tert-OH is 1. The van der Waals surface area contributed by atoms with Crippen LogP contribution in [0.3, 0.4) is 0 Å². The summed E-state index contributed by atoms with van der Waals surface area (Å²) in [5.74, 6) is 0.177. The van der Waals surface area contributed by atoms with Gasteiger partial charge in [0, 0.05) is 11.1 Å². The van der Waals surface area contributed by atoms with Crippen LogP contribution in [-0.4, -0.2) is 29.1 Å². The average molecular weight is 357 g/mol. The first-order valence-corrected chi connectivity index (χ1v) is 8.84. The van der Waals surface area contributed by atoms with E-state index in [-0.39, 0.29) is 18.1 Å². The summed E-state index contributed by atoms with van der Waals surface area (Å²) in [6.07, 6.45) is 0.0525. The number of fused-ring (bicyclic) bond motifs is 1. The molecule has 2 aromatic carbocycles. The number of benzene rings is 2. The predicted molar refractivity (Wildman–Crippen MR) is 98.0 cm³/mol. The Balaban J connectivity index is 1.83. The maximum atomic E-state index is 13.0. The van der Waals surface area contributed by atoms with Crippen molar-refractivity contribution < 1.29 is 19.0 Å². The van der Waals surface area contributed by atoms with Gasteiger partial charge in [0.25, 0.3) is 0 Å². The third-order valence-corrected chi connectivity index (χ3v) is 4.87. The van der Waals surface area contributed by atoms with Crippen LogP contribution in [0.5, 0.6) is 5.75 Å². The lowest BCUT2D eigenvalue weighted by molar-refractivity contribution is -0.0640. The molecule has 0 saturated heterocycles. The van der Waals surface area contributed by atoms with Gasteiger partial charge in [-0.15, -0.1) is 0 Å². The molecule has 0 aliphatic carbocycles. The summed E-state index contributed by atoms with van der Waals surface area (Å²) < 4.78 is 19.0. The van der Waals surface area contributed by atoms with Gasteiger partial charge in [-0.05, 0) is 56.2 Å². The zero-order valence-electron chi connectivity index (χ0n) is 15.3. The maximum absolute atomic E-state index is 13.0. The summed E-state index contributed by atoms with van der Waals surface area (Å²) in [4.78, 5) is 12.4. The smallest absolute Gasteiger partial charge is 0.176 e. The van der Waals surface area contributed by atoms with E-state index in [2.05, 4.69) is 12.2 Å². The average Bonchev–Trinajstić information content (AvgIpc) is 2.62. The maximum Gasteiger partial charge on any atom is 0.176 e.